The van der Waals surface area contributed by atoms with Crippen molar-refractivity contribution in [1.82, 2.24) is 15.5 Å². The number of hydrogen-bond donors (Lipinski definition) is 1. The molecule has 1 atom stereocenters. The molecule has 0 radical (unpaired) electrons. The first-order valence-corrected chi connectivity index (χ1v) is 8.93. The first-order chi connectivity index (χ1) is 8.26. The summed E-state index contributed by atoms with van der Waals surface area (Å²) < 4.78 is 2.13. The summed E-state index contributed by atoms with van der Waals surface area (Å²) in [5, 5.41) is 12.3. The highest BCUT2D eigenvalue weighted by molar-refractivity contribution is 8.03. The van der Waals surface area contributed by atoms with Gasteiger partial charge >= 0.3 is 0 Å². The van der Waals surface area contributed by atoms with Gasteiger partial charge in [0.15, 0.2) is 8.68 Å². The Morgan fingerprint density at radius 1 is 1.29 bits per heavy atom. The zero-order valence-corrected chi connectivity index (χ0v) is 13.2. The van der Waals surface area contributed by atoms with Gasteiger partial charge in [-0.05, 0) is 19.2 Å². The molecule has 1 aromatic heterocycles. The number of unbranched alkanes of at least 4 members (excludes halogenated alkanes) is 2. The SMILES string of the molecule is CCCCCNCC(C)Sc1nnc(SC)s1. The highest BCUT2D eigenvalue weighted by atomic mass is 32.2. The van der Waals surface area contributed by atoms with Crippen molar-refractivity contribution in [2.24, 2.45) is 0 Å². The number of thioether (sulfide) groups is 2. The standard InChI is InChI=1S/C11H21N3S3/c1-4-5-6-7-12-8-9(2)16-11-14-13-10(15-3)17-11/h9,12H,4-8H2,1-3H3. The summed E-state index contributed by atoms with van der Waals surface area (Å²) in [6.45, 7) is 6.64. The van der Waals surface area contributed by atoms with Gasteiger partial charge in [-0.25, -0.2) is 0 Å². The number of rotatable bonds is 9. The minimum absolute atomic E-state index is 0.555. The third kappa shape index (κ3) is 6.64. The van der Waals surface area contributed by atoms with Crippen LogP contribution in [-0.4, -0.2) is 34.8 Å². The minimum Gasteiger partial charge on any atom is -0.316 e. The molecule has 3 nitrogen and oxygen atoms in total. The molecule has 0 fully saturated rings. The summed E-state index contributed by atoms with van der Waals surface area (Å²) >= 11 is 5.16. The van der Waals surface area contributed by atoms with Crippen molar-refractivity contribution in [1.29, 1.82) is 0 Å². The van der Waals surface area contributed by atoms with Crippen molar-refractivity contribution in [3.8, 4) is 0 Å². The molecule has 98 valence electrons. The topological polar surface area (TPSA) is 37.8 Å². The second-order valence-corrected chi connectivity index (χ2v) is 7.59. The molecular formula is C11H21N3S3. The van der Waals surface area contributed by atoms with Gasteiger partial charge in [-0.1, -0.05) is 61.5 Å². The molecule has 17 heavy (non-hydrogen) atoms. The van der Waals surface area contributed by atoms with Crippen LogP contribution in [0.3, 0.4) is 0 Å². The van der Waals surface area contributed by atoms with Crippen LogP contribution in [0.4, 0.5) is 0 Å². The van der Waals surface area contributed by atoms with Crippen molar-refractivity contribution in [2.75, 3.05) is 19.3 Å². The number of nitrogens with one attached hydrogen (secondary N) is 1. The van der Waals surface area contributed by atoms with E-state index >= 15 is 0 Å². The van der Waals surface area contributed by atoms with E-state index in [-0.39, 0.29) is 0 Å². The fourth-order valence-corrected chi connectivity index (χ4v) is 4.07. The van der Waals surface area contributed by atoms with E-state index in [1.807, 2.05) is 18.0 Å². The molecule has 1 rings (SSSR count). The lowest BCUT2D eigenvalue weighted by Crippen LogP contribution is -2.23. The Balaban J connectivity index is 2.13. The van der Waals surface area contributed by atoms with Crippen molar-refractivity contribution < 1.29 is 0 Å². The first kappa shape index (κ1) is 15.3. The van der Waals surface area contributed by atoms with Crippen LogP contribution in [0.25, 0.3) is 0 Å². The molecule has 0 aromatic carbocycles. The van der Waals surface area contributed by atoms with Crippen molar-refractivity contribution in [3.63, 3.8) is 0 Å². The Morgan fingerprint density at radius 3 is 2.71 bits per heavy atom. The van der Waals surface area contributed by atoms with Crippen LogP contribution in [0.5, 0.6) is 0 Å². The van der Waals surface area contributed by atoms with E-state index in [0.717, 1.165) is 21.8 Å². The Morgan fingerprint density at radius 2 is 2.06 bits per heavy atom. The Kier molecular flexibility index (Phi) is 8.26. The van der Waals surface area contributed by atoms with E-state index in [1.54, 1.807) is 23.1 Å². The number of nitrogens with zero attached hydrogens (tertiary/aromatic N) is 2. The predicted octanol–water partition coefficient (Wildman–Crippen LogP) is 3.52. The van der Waals surface area contributed by atoms with Crippen LogP contribution in [0.2, 0.25) is 0 Å². The fourth-order valence-electron chi connectivity index (χ4n) is 1.35. The molecule has 6 heteroatoms. The maximum absolute atomic E-state index is 4.17. The van der Waals surface area contributed by atoms with Gasteiger partial charge in [0.25, 0.3) is 0 Å². The third-order valence-electron chi connectivity index (χ3n) is 2.25. The van der Waals surface area contributed by atoms with Gasteiger partial charge in [0.2, 0.25) is 0 Å². The molecule has 1 heterocycles. The zero-order valence-electron chi connectivity index (χ0n) is 10.7. The lowest BCUT2D eigenvalue weighted by molar-refractivity contribution is 0.615. The van der Waals surface area contributed by atoms with Gasteiger partial charge in [0, 0.05) is 11.8 Å². The molecule has 0 bridgehead atoms. The van der Waals surface area contributed by atoms with Gasteiger partial charge in [-0.3, -0.25) is 0 Å². The summed E-state index contributed by atoms with van der Waals surface area (Å²) in [5.74, 6) is 0. The zero-order chi connectivity index (χ0) is 12.5. The fraction of sp³-hybridized carbons (Fsp3) is 0.818. The number of hydrogen-bond acceptors (Lipinski definition) is 6. The lowest BCUT2D eigenvalue weighted by atomic mass is 10.2. The maximum atomic E-state index is 4.17. The summed E-state index contributed by atoms with van der Waals surface area (Å²) in [7, 11) is 0. The molecule has 1 aromatic rings. The molecule has 0 amide bonds. The van der Waals surface area contributed by atoms with Gasteiger partial charge in [0.05, 0.1) is 0 Å². The molecule has 1 N–H and O–H groups in total. The monoisotopic (exact) mass is 291 g/mol. The molecule has 0 spiro atoms. The van der Waals surface area contributed by atoms with Crippen LogP contribution >= 0.6 is 34.9 Å². The lowest BCUT2D eigenvalue weighted by Gasteiger charge is -2.09. The van der Waals surface area contributed by atoms with Crippen molar-refractivity contribution >= 4 is 34.9 Å². The second kappa shape index (κ2) is 9.19. The Labute approximate surface area is 117 Å². The maximum Gasteiger partial charge on any atom is 0.175 e. The van der Waals surface area contributed by atoms with E-state index < -0.39 is 0 Å². The Hall–Kier alpha value is 0.220. The van der Waals surface area contributed by atoms with E-state index in [2.05, 4.69) is 29.4 Å². The molecule has 0 saturated heterocycles. The van der Waals surface area contributed by atoms with Crippen molar-refractivity contribution in [3.05, 3.63) is 0 Å². The average molecular weight is 292 g/mol. The predicted molar refractivity (Wildman–Crippen MR) is 79.4 cm³/mol. The minimum atomic E-state index is 0.555. The Bertz CT molecular complexity index is 304. The average Bonchev–Trinajstić information content (AvgIpc) is 2.76. The summed E-state index contributed by atoms with van der Waals surface area (Å²) in [6, 6.07) is 0. The molecular weight excluding hydrogens is 270 g/mol. The summed E-state index contributed by atoms with van der Waals surface area (Å²) in [4.78, 5) is 0. The van der Waals surface area contributed by atoms with E-state index in [1.165, 1.54) is 19.3 Å². The molecule has 0 aliphatic rings. The smallest absolute Gasteiger partial charge is 0.175 e. The van der Waals surface area contributed by atoms with E-state index in [0.29, 0.717) is 5.25 Å². The molecule has 0 aliphatic carbocycles. The summed E-state index contributed by atoms with van der Waals surface area (Å²) in [5.41, 5.74) is 0. The van der Waals surface area contributed by atoms with E-state index in [9.17, 15) is 0 Å². The van der Waals surface area contributed by atoms with Crippen LogP contribution in [0, 0.1) is 0 Å². The van der Waals surface area contributed by atoms with Crippen molar-refractivity contribution in [2.45, 2.75) is 47.0 Å². The molecule has 0 saturated carbocycles. The van der Waals surface area contributed by atoms with Gasteiger partial charge in [0.1, 0.15) is 0 Å². The normalized spacial score (nSPS) is 12.9. The van der Waals surface area contributed by atoms with Crippen LogP contribution in [0.1, 0.15) is 33.1 Å². The van der Waals surface area contributed by atoms with Crippen LogP contribution < -0.4 is 5.32 Å². The van der Waals surface area contributed by atoms with E-state index in [4.69, 9.17) is 0 Å². The van der Waals surface area contributed by atoms with Crippen LogP contribution in [-0.2, 0) is 0 Å². The molecule has 1 unspecified atom stereocenters. The van der Waals surface area contributed by atoms with Gasteiger partial charge in [-0.15, -0.1) is 10.2 Å². The highest BCUT2D eigenvalue weighted by Crippen LogP contribution is 2.29. The second-order valence-electron chi connectivity index (χ2n) is 3.88. The van der Waals surface area contributed by atoms with Gasteiger partial charge < -0.3 is 5.32 Å². The first-order valence-electron chi connectivity index (χ1n) is 6.01. The quantitative estimate of drug-likeness (QED) is 0.556. The highest BCUT2D eigenvalue weighted by Gasteiger charge is 2.08. The number of aromatic nitrogens is 2. The van der Waals surface area contributed by atoms with Gasteiger partial charge in [-0.2, -0.15) is 0 Å². The summed E-state index contributed by atoms with van der Waals surface area (Å²) in [6.07, 6.45) is 5.92. The molecule has 0 aliphatic heterocycles. The third-order valence-corrected chi connectivity index (χ3v) is 5.34. The largest absolute Gasteiger partial charge is 0.316 e. The van der Waals surface area contributed by atoms with Crippen LogP contribution in [0.15, 0.2) is 8.68 Å².